The minimum absolute atomic E-state index is 0.133. The molecule has 0 heterocycles. The summed E-state index contributed by atoms with van der Waals surface area (Å²) in [5, 5.41) is 18.0. The zero-order chi connectivity index (χ0) is 18.2. The van der Waals surface area contributed by atoms with Crippen molar-refractivity contribution in [2.45, 2.75) is 23.0 Å². The molecule has 0 radical (unpaired) electrons. The molecule has 1 fully saturated rings. The smallest absolute Gasteiger partial charge is 0.184 e. The van der Waals surface area contributed by atoms with E-state index in [-0.39, 0.29) is 4.90 Å². The molecule has 2 atom stereocenters. The Morgan fingerprint density at radius 3 is 2.04 bits per heavy atom. The summed E-state index contributed by atoms with van der Waals surface area (Å²) in [4.78, 5) is 0.133. The number of rotatable bonds is 4. The summed E-state index contributed by atoms with van der Waals surface area (Å²) in [6, 6.07) is 17.2. The summed E-state index contributed by atoms with van der Waals surface area (Å²) >= 11 is 0. The molecule has 126 valence electrons. The van der Waals surface area contributed by atoms with Crippen molar-refractivity contribution >= 4 is 9.84 Å². The van der Waals surface area contributed by atoms with E-state index < -0.39 is 26.4 Å². The van der Waals surface area contributed by atoms with Crippen LogP contribution in [0.5, 0.6) is 5.75 Å². The zero-order valence-corrected chi connectivity index (χ0v) is 14.6. The Labute approximate surface area is 147 Å². The lowest BCUT2D eigenvalue weighted by Gasteiger charge is -2.05. The molecule has 0 saturated heterocycles. The van der Waals surface area contributed by atoms with Crippen LogP contribution in [0.3, 0.4) is 0 Å². The average molecular weight is 352 g/mol. The third-order valence-corrected chi connectivity index (χ3v) is 6.90. The summed E-state index contributed by atoms with van der Waals surface area (Å²) in [6.07, 6.45) is 0. The number of nitriles is 2. The Hall–Kier alpha value is -2.83. The molecule has 0 spiro atoms. The van der Waals surface area contributed by atoms with Gasteiger partial charge in [0.25, 0.3) is 0 Å². The first-order valence-corrected chi connectivity index (χ1v) is 9.22. The molecule has 0 aromatic heterocycles. The van der Waals surface area contributed by atoms with Crippen molar-refractivity contribution in [2.75, 3.05) is 7.11 Å². The van der Waals surface area contributed by atoms with E-state index in [0.29, 0.717) is 11.3 Å². The maximum absolute atomic E-state index is 13.0. The van der Waals surface area contributed by atoms with Gasteiger partial charge in [-0.2, -0.15) is 10.5 Å². The van der Waals surface area contributed by atoms with Gasteiger partial charge in [-0.25, -0.2) is 8.42 Å². The van der Waals surface area contributed by atoms with Crippen LogP contribution in [0.4, 0.5) is 0 Å². The highest BCUT2D eigenvalue weighted by Crippen LogP contribution is 2.63. The first-order chi connectivity index (χ1) is 11.9. The molecule has 0 aliphatic heterocycles. The number of ether oxygens (including phenoxy) is 1. The molecule has 3 rings (SSSR count). The molecular formula is C19H16N2O3S. The molecule has 2 unspecified atom stereocenters. The monoisotopic (exact) mass is 352 g/mol. The fourth-order valence-electron chi connectivity index (χ4n) is 3.19. The molecule has 5 nitrogen and oxygen atoms in total. The van der Waals surface area contributed by atoms with Crippen molar-refractivity contribution in [2.24, 2.45) is 5.41 Å². The number of hydrogen-bond acceptors (Lipinski definition) is 5. The lowest BCUT2D eigenvalue weighted by atomic mass is 10.0. The van der Waals surface area contributed by atoms with Crippen LogP contribution in [0, 0.1) is 35.0 Å². The highest BCUT2D eigenvalue weighted by Gasteiger charge is 2.73. The molecule has 1 aliphatic rings. The number of sulfone groups is 1. The molecule has 25 heavy (non-hydrogen) atoms. The van der Waals surface area contributed by atoms with E-state index in [2.05, 4.69) is 0 Å². The Balaban J connectivity index is 2.06. The van der Waals surface area contributed by atoms with E-state index in [4.69, 9.17) is 4.74 Å². The number of aryl methyl sites for hydroxylation is 1. The first kappa shape index (κ1) is 17.0. The third kappa shape index (κ3) is 2.56. The summed E-state index contributed by atoms with van der Waals surface area (Å²) < 4.78 is 31.1. The molecule has 6 heteroatoms. The van der Waals surface area contributed by atoms with E-state index in [1.54, 1.807) is 36.4 Å². The van der Waals surface area contributed by atoms with Crippen LogP contribution < -0.4 is 4.74 Å². The van der Waals surface area contributed by atoms with Gasteiger partial charge in [-0.15, -0.1) is 0 Å². The van der Waals surface area contributed by atoms with Crippen LogP contribution in [0.25, 0.3) is 0 Å². The number of hydrogen-bond donors (Lipinski definition) is 0. The van der Waals surface area contributed by atoms with Crippen molar-refractivity contribution in [1.29, 1.82) is 10.5 Å². The van der Waals surface area contributed by atoms with Crippen molar-refractivity contribution < 1.29 is 13.2 Å². The molecule has 0 amide bonds. The second-order valence-corrected chi connectivity index (χ2v) is 8.19. The molecule has 0 bridgehead atoms. The van der Waals surface area contributed by atoms with E-state index in [0.717, 1.165) is 5.56 Å². The molecule has 0 N–H and O–H groups in total. The molecule has 2 aromatic carbocycles. The lowest BCUT2D eigenvalue weighted by Crippen LogP contribution is -2.14. The standard InChI is InChI=1S/C19H16N2O3S/c1-13-3-9-16(10-4-13)25(22,23)18-17(19(18,11-20)12-21)14-5-7-15(24-2)8-6-14/h3-10,17-18H,1-2H3. The predicted octanol–water partition coefficient (Wildman–Crippen LogP) is 2.98. The van der Waals surface area contributed by atoms with Crippen molar-refractivity contribution in [3.05, 3.63) is 59.7 Å². The van der Waals surface area contributed by atoms with Gasteiger partial charge in [0.15, 0.2) is 15.3 Å². The topological polar surface area (TPSA) is 90.9 Å². The number of methoxy groups -OCH3 is 1. The van der Waals surface area contributed by atoms with Crippen molar-refractivity contribution in [3.63, 3.8) is 0 Å². The Morgan fingerprint density at radius 2 is 1.56 bits per heavy atom. The summed E-state index contributed by atoms with van der Waals surface area (Å²) in [5.74, 6) is -0.0541. The van der Waals surface area contributed by atoms with Crippen LogP contribution in [0.2, 0.25) is 0 Å². The fraction of sp³-hybridized carbons (Fsp3) is 0.263. The van der Waals surface area contributed by atoms with Crippen molar-refractivity contribution in [1.82, 2.24) is 0 Å². The van der Waals surface area contributed by atoms with E-state index in [9.17, 15) is 18.9 Å². The van der Waals surface area contributed by atoms with Gasteiger partial charge in [-0.1, -0.05) is 29.8 Å². The predicted molar refractivity (Wildman–Crippen MR) is 91.5 cm³/mol. The van der Waals surface area contributed by atoms with E-state index in [1.807, 2.05) is 19.1 Å². The van der Waals surface area contributed by atoms with Crippen molar-refractivity contribution in [3.8, 4) is 17.9 Å². The fourth-order valence-corrected chi connectivity index (χ4v) is 5.40. The maximum atomic E-state index is 13.0. The Bertz CT molecular complexity index is 967. The Morgan fingerprint density at radius 1 is 1.00 bits per heavy atom. The quantitative estimate of drug-likeness (QED) is 0.843. The van der Waals surface area contributed by atoms with E-state index >= 15 is 0 Å². The Kier molecular flexibility index (Phi) is 4.02. The second-order valence-electron chi connectivity index (χ2n) is 6.12. The SMILES string of the molecule is COc1ccc(C2C(S(=O)(=O)c3ccc(C)cc3)C2(C#N)C#N)cc1. The maximum Gasteiger partial charge on any atom is 0.184 e. The van der Waals surface area contributed by atoms with E-state index in [1.165, 1.54) is 19.2 Å². The van der Waals surface area contributed by atoms with Gasteiger partial charge in [0.1, 0.15) is 11.0 Å². The van der Waals surface area contributed by atoms with Gasteiger partial charge in [0, 0.05) is 5.92 Å². The third-order valence-electron chi connectivity index (χ3n) is 4.66. The number of nitrogens with zero attached hydrogens (tertiary/aromatic N) is 2. The highest BCUT2D eigenvalue weighted by molar-refractivity contribution is 7.92. The lowest BCUT2D eigenvalue weighted by molar-refractivity contribution is 0.414. The van der Waals surface area contributed by atoms with Crippen LogP contribution in [-0.2, 0) is 9.84 Å². The van der Waals surface area contributed by atoms with Crippen LogP contribution in [0.15, 0.2) is 53.4 Å². The van der Waals surface area contributed by atoms with Crippen LogP contribution >= 0.6 is 0 Å². The normalized spacial score (nSPS) is 21.0. The minimum Gasteiger partial charge on any atom is -0.497 e. The van der Waals surface area contributed by atoms with Gasteiger partial charge < -0.3 is 4.74 Å². The summed E-state index contributed by atoms with van der Waals surface area (Å²) in [7, 11) is -2.27. The zero-order valence-electron chi connectivity index (χ0n) is 13.8. The van der Waals surface area contributed by atoms with Gasteiger partial charge >= 0.3 is 0 Å². The van der Waals surface area contributed by atoms with Gasteiger partial charge in [0.05, 0.1) is 24.1 Å². The molecular weight excluding hydrogens is 336 g/mol. The van der Waals surface area contributed by atoms with Crippen LogP contribution in [-0.4, -0.2) is 20.8 Å². The minimum atomic E-state index is -3.80. The number of benzene rings is 2. The van der Waals surface area contributed by atoms with Gasteiger partial charge in [-0.3, -0.25) is 0 Å². The highest BCUT2D eigenvalue weighted by atomic mass is 32.2. The molecule has 1 saturated carbocycles. The average Bonchev–Trinajstić information content (AvgIpc) is 3.33. The second kappa shape index (κ2) is 5.91. The molecule has 2 aromatic rings. The first-order valence-electron chi connectivity index (χ1n) is 7.67. The van der Waals surface area contributed by atoms with Gasteiger partial charge in [-0.05, 0) is 36.8 Å². The molecule has 1 aliphatic carbocycles. The summed E-state index contributed by atoms with van der Waals surface area (Å²) in [5.41, 5.74) is 0.0102. The van der Waals surface area contributed by atoms with Crippen LogP contribution in [0.1, 0.15) is 17.0 Å². The summed E-state index contributed by atoms with van der Waals surface area (Å²) in [6.45, 7) is 1.86. The largest absolute Gasteiger partial charge is 0.497 e. The van der Waals surface area contributed by atoms with Gasteiger partial charge in [0.2, 0.25) is 0 Å².